The Kier molecular flexibility index (Phi) is 6.08. The number of para-hydroxylation sites is 1. The predicted octanol–water partition coefficient (Wildman–Crippen LogP) is 8.92. The fraction of sp³-hybridized carbons (Fsp3) is 0.146. The van der Waals surface area contributed by atoms with Crippen LogP contribution in [-0.2, 0) is 35.5 Å². The van der Waals surface area contributed by atoms with E-state index >= 15 is 4.57 Å². The second-order valence-corrected chi connectivity index (χ2v) is 16.1. The molecule has 3 heterocycles. The summed E-state index contributed by atoms with van der Waals surface area (Å²) in [7, 11) is -3.29. The van der Waals surface area contributed by atoms with Gasteiger partial charge in [-0.3, -0.25) is 4.98 Å². The number of nitrogens with zero attached hydrogens (tertiary/aromatic N) is 1. The Morgan fingerprint density at radius 2 is 1.09 bits per heavy atom. The molecule has 6 aromatic carbocycles. The number of fused-ring (bicyclic) bond motifs is 7. The maximum absolute atomic E-state index is 16.4. The van der Waals surface area contributed by atoms with Crippen molar-refractivity contribution in [2.24, 2.45) is 0 Å². The fourth-order valence-electron chi connectivity index (χ4n) is 7.82. The fourth-order valence-corrected chi connectivity index (χ4v) is 11.9. The van der Waals surface area contributed by atoms with Crippen LogP contribution in [0.5, 0.6) is 0 Å². The van der Waals surface area contributed by atoms with Crippen molar-refractivity contribution in [2.45, 2.75) is 38.5 Å². The van der Waals surface area contributed by atoms with E-state index in [1.54, 1.807) is 0 Å². The first-order valence-electron chi connectivity index (χ1n) is 15.3. The molecule has 9 rings (SSSR count). The van der Waals surface area contributed by atoms with Crippen molar-refractivity contribution in [3.8, 4) is 11.3 Å². The molecular formula is C41H31IrNOP-. The average Bonchev–Trinajstić information content (AvgIpc) is 3.05. The maximum atomic E-state index is 16.4. The van der Waals surface area contributed by atoms with Gasteiger partial charge < -0.3 is 4.57 Å². The SMILES string of the molecule is CC1(C)c2[c-]c(-c3ccc4ccccc4n3)cc3c2P(=O)(c2cc4ccccc4cc21)c1cc2ccccc2cc1C3(C)C.[Ir]. The van der Waals surface area contributed by atoms with Crippen molar-refractivity contribution < 1.29 is 24.7 Å². The molecule has 1 aromatic heterocycles. The summed E-state index contributed by atoms with van der Waals surface area (Å²) in [5.74, 6) is 0. The summed E-state index contributed by atoms with van der Waals surface area (Å²) in [6, 6.07) is 44.5. The zero-order valence-corrected chi connectivity index (χ0v) is 28.9. The molecule has 4 heteroatoms. The normalized spacial score (nSPS) is 18.6. The summed E-state index contributed by atoms with van der Waals surface area (Å²) in [4.78, 5) is 5.09. The van der Waals surface area contributed by atoms with E-state index in [-0.39, 0.29) is 25.5 Å². The second kappa shape index (κ2) is 9.57. The molecule has 221 valence electrons. The first-order chi connectivity index (χ1) is 21.2. The van der Waals surface area contributed by atoms with Gasteiger partial charge in [0, 0.05) is 30.7 Å². The van der Waals surface area contributed by atoms with E-state index in [2.05, 4.69) is 137 Å². The van der Waals surface area contributed by atoms with E-state index in [9.17, 15) is 0 Å². The van der Waals surface area contributed by atoms with Crippen molar-refractivity contribution in [3.05, 3.63) is 144 Å². The van der Waals surface area contributed by atoms with E-state index in [4.69, 9.17) is 4.98 Å². The number of aromatic nitrogens is 1. The van der Waals surface area contributed by atoms with Crippen molar-refractivity contribution in [3.63, 3.8) is 0 Å². The third-order valence-electron chi connectivity index (χ3n) is 10.3. The Balaban J connectivity index is 0.00000300. The van der Waals surface area contributed by atoms with Crippen LogP contribution >= 0.6 is 7.14 Å². The summed E-state index contributed by atoms with van der Waals surface area (Å²) < 4.78 is 16.4. The van der Waals surface area contributed by atoms with Gasteiger partial charge in [0.05, 0.1) is 5.52 Å². The molecule has 0 aliphatic carbocycles. The van der Waals surface area contributed by atoms with Gasteiger partial charge in [0.2, 0.25) is 0 Å². The molecule has 0 saturated carbocycles. The largest absolute Gasteiger partial charge is 0.318 e. The van der Waals surface area contributed by atoms with Crippen LogP contribution in [0.4, 0.5) is 0 Å². The van der Waals surface area contributed by atoms with Gasteiger partial charge >= 0.3 is 0 Å². The van der Waals surface area contributed by atoms with Crippen LogP contribution in [0.25, 0.3) is 43.7 Å². The molecule has 1 unspecified atom stereocenters. The summed E-state index contributed by atoms with van der Waals surface area (Å²) in [5, 5.41) is 8.59. The number of benzene rings is 6. The molecule has 45 heavy (non-hydrogen) atoms. The zero-order chi connectivity index (χ0) is 30.0. The Labute approximate surface area is 277 Å². The minimum atomic E-state index is -3.29. The Bertz CT molecular complexity index is 2320. The van der Waals surface area contributed by atoms with Crippen LogP contribution < -0.4 is 15.9 Å². The maximum Gasteiger partial charge on any atom is 0.136 e. The van der Waals surface area contributed by atoms with Crippen molar-refractivity contribution >= 4 is 55.5 Å². The summed E-state index contributed by atoms with van der Waals surface area (Å²) >= 11 is 0. The van der Waals surface area contributed by atoms with Crippen LogP contribution in [0.1, 0.15) is 49.9 Å². The van der Waals surface area contributed by atoms with Crippen molar-refractivity contribution in [2.75, 3.05) is 0 Å². The van der Waals surface area contributed by atoms with Crippen LogP contribution in [0, 0.1) is 6.07 Å². The van der Waals surface area contributed by atoms with Crippen LogP contribution in [0.2, 0.25) is 0 Å². The molecule has 0 N–H and O–H groups in total. The Morgan fingerprint density at radius 1 is 0.578 bits per heavy atom. The number of pyridine rings is 1. The molecule has 0 spiro atoms. The molecule has 1 atom stereocenters. The molecule has 1 radical (unpaired) electrons. The topological polar surface area (TPSA) is 30.0 Å². The van der Waals surface area contributed by atoms with E-state index < -0.39 is 12.6 Å². The van der Waals surface area contributed by atoms with Gasteiger partial charge in [-0.05, 0) is 84.9 Å². The van der Waals surface area contributed by atoms with E-state index in [0.717, 1.165) is 76.5 Å². The molecule has 2 aliphatic rings. The summed E-state index contributed by atoms with van der Waals surface area (Å²) in [5.41, 5.74) is 6.40. The van der Waals surface area contributed by atoms with Gasteiger partial charge in [0.25, 0.3) is 0 Å². The molecular weight excluding hydrogens is 746 g/mol. The molecule has 0 fully saturated rings. The van der Waals surface area contributed by atoms with Gasteiger partial charge in [0.15, 0.2) is 0 Å². The summed E-state index contributed by atoms with van der Waals surface area (Å²) in [6.07, 6.45) is 0. The molecule has 0 bridgehead atoms. The van der Waals surface area contributed by atoms with Crippen LogP contribution in [0.3, 0.4) is 0 Å². The quantitative estimate of drug-likeness (QED) is 0.123. The number of rotatable bonds is 1. The zero-order valence-electron chi connectivity index (χ0n) is 25.6. The first kappa shape index (κ1) is 28.6. The van der Waals surface area contributed by atoms with Gasteiger partial charge in [-0.25, -0.2) is 0 Å². The molecule has 2 nitrogen and oxygen atoms in total. The molecule has 0 amide bonds. The Hall–Kier alpha value is -3.87. The Morgan fingerprint density at radius 3 is 1.69 bits per heavy atom. The third-order valence-corrected chi connectivity index (χ3v) is 13.5. The van der Waals surface area contributed by atoms with Gasteiger partial charge in [-0.15, -0.1) is 28.8 Å². The monoisotopic (exact) mass is 777 g/mol. The first-order valence-corrected chi connectivity index (χ1v) is 17.0. The molecule has 7 aromatic rings. The predicted molar refractivity (Wildman–Crippen MR) is 185 cm³/mol. The van der Waals surface area contributed by atoms with Crippen LogP contribution in [0.15, 0.2) is 115 Å². The summed E-state index contributed by atoms with van der Waals surface area (Å²) in [6.45, 7) is 9.13. The third kappa shape index (κ3) is 3.79. The van der Waals surface area contributed by atoms with Gasteiger partial charge in [0.1, 0.15) is 7.14 Å². The van der Waals surface area contributed by atoms with Gasteiger partial charge in [-0.1, -0.05) is 112 Å². The van der Waals surface area contributed by atoms with E-state index in [0.29, 0.717) is 0 Å². The van der Waals surface area contributed by atoms with Crippen molar-refractivity contribution in [1.29, 1.82) is 0 Å². The average molecular weight is 777 g/mol. The van der Waals surface area contributed by atoms with Crippen molar-refractivity contribution in [1.82, 2.24) is 4.98 Å². The molecule has 0 saturated heterocycles. The number of hydrogen-bond acceptors (Lipinski definition) is 2. The molecule has 2 aliphatic heterocycles. The van der Waals surface area contributed by atoms with E-state index in [1.165, 1.54) is 5.39 Å². The minimum Gasteiger partial charge on any atom is -0.318 e. The number of hydrogen-bond donors (Lipinski definition) is 0. The van der Waals surface area contributed by atoms with E-state index in [1.807, 2.05) is 12.1 Å². The standard InChI is InChI=1S/C41H31NOP.Ir/c1-40(2)31-19-26-12-5-7-14-28(26)23-37(31)44(43)38-24-29-15-8-6-13-27(29)20-32(38)41(3,4)34-22-30(21-33(40)39(34)44)36-18-17-25-11-9-10-16-35(25)42-36;/h5-21,23-24H,1-4H3;/q-1;. The minimum absolute atomic E-state index is 0. The smallest absolute Gasteiger partial charge is 0.136 e. The van der Waals surface area contributed by atoms with Gasteiger partial charge in [-0.2, -0.15) is 0 Å². The van der Waals surface area contributed by atoms with Crippen LogP contribution in [-0.4, -0.2) is 4.98 Å². The second-order valence-electron chi connectivity index (χ2n) is 13.5.